The van der Waals surface area contributed by atoms with Crippen molar-refractivity contribution in [2.45, 2.75) is 39.3 Å². The normalized spacial score (nSPS) is 10.8. The second-order valence-corrected chi connectivity index (χ2v) is 4.02. The van der Waals surface area contributed by atoms with Crippen LogP contribution in [0.2, 0.25) is 0 Å². The van der Waals surface area contributed by atoms with E-state index >= 15 is 0 Å². The summed E-state index contributed by atoms with van der Waals surface area (Å²) in [5, 5.41) is 10.1. The smallest absolute Gasteiger partial charge is 0.234 e. The first kappa shape index (κ1) is 13.6. The molecule has 1 amide bonds. The molecule has 0 aliphatic carbocycles. The number of aryl methyl sites for hydroxylation is 1. The van der Waals surface area contributed by atoms with E-state index in [-0.39, 0.29) is 11.9 Å². The Kier molecular flexibility index (Phi) is 5.62. The maximum Gasteiger partial charge on any atom is 0.234 e. The van der Waals surface area contributed by atoms with Crippen LogP contribution >= 0.6 is 0 Å². The van der Waals surface area contributed by atoms with Crippen molar-refractivity contribution in [1.29, 1.82) is 0 Å². The van der Waals surface area contributed by atoms with E-state index in [1.807, 2.05) is 7.05 Å². The fourth-order valence-corrected chi connectivity index (χ4v) is 1.52. The van der Waals surface area contributed by atoms with Crippen LogP contribution in [0.1, 0.15) is 32.5 Å². The van der Waals surface area contributed by atoms with E-state index in [4.69, 9.17) is 0 Å². The maximum absolute atomic E-state index is 11.5. The second-order valence-electron chi connectivity index (χ2n) is 4.02. The molecule has 0 atom stereocenters. The highest BCUT2D eigenvalue weighted by atomic mass is 16.1. The van der Waals surface area contributed by atoms with E-state index < -0.39 is 0 Å². The molecule has 6 heteroatoms. The Morgan fingerprint density at radius 1 is 1.47 bits per heavy atom. The van der Waals surface area contributed by atoms with Crippen molar-refractivity contribution in [3.8, 4) is 0 Å². The van der Waals surface area contributed by atoms with Crippen LogP contribution in [0.15, 0.2) is 6.33 Å². The lowest BCUT2D eigenvalue weighted by Gasteiger charge is -2.14. The fourth-order valence-electron chi connectivity index (χ4n) is 1.52. The topological polar surface area (TPSA) is 71.8 Å². The van der Waals surface area contributed by atoms with Gasteiger partial charge >= 0.3 is 0 Å². The molecule has 0 bridgehead atoms. The van der Waals surface area contributed by atoms with Gasteiger partial charge in [0.05, 0.1) is 13.1 Å². The van der Waals surface area contributed by atoms with Crippen LogP contribution in [0.4, 0.5) is 0 Å². The molecule has 0 unspecified atom stereocenters. The Bertz CT molecular complexity index is 345. The molecule has 0 saturated carbocycles. The van der Waals surface area contributed by atoms with Crippen molar-refractivity contribution < 1.29 is 4.79 Å². The summed E-state index contributed by atoms with van der Waals surface area (Å²) in [4.78, 5) is 15.6. The first-order chi connectivity index (χ1) is 8.15. The van der Waals surface area contributed by atoms with Gasteiger partial charge in [-0.1, -0.05) is 13.8 Å². The number of nitrogens with zero attached hydrogens (tertiary/aromatic N) is 3. The first-order valence-electron chi connectivity index (χ1n) is 6.00. The van der Waals surface area contributed by atoms with Gasteiger partial charge in [0.25, 0.3) is 0 Å². The van der Waals surface area contributed by atoms with Crippen molar-refractivity contribution in [3.05, 3.63) is 12.2 Å². The van der Waals surface area contributed by atoms with Crippen LogP contribution in [-0.4, -0.2) is 33.3 Å². The molecule has 1 rings (SSSR count). The molecule has 0 radical (unpaired) electrons. The monoisotopic (exact) mass is 239 g/mol. The third kappa shape index (κ3) is 4.95. The van der Waals surface area contributed by atoms with Crippen LogP contribution in [0.3, 0.4) is 0 Å². The largest absolute Gasteiger partial charge is 0.352 e. The molecule has 0 aromatic carbocycles. The van der Waals surface area contributed by atoms with Gasteiger partial charge in [-0.15, -0.1) is 0 Å². The summed E-state index contributed by atoms with van der Waals surface area (Å²) in [5.41, 5.74) is 0. The van der Waals surface area contributed by atoms with Crippen molar-refractivity contribution >= 4 is 5.91 Å². The number of carbonyl (C=O) groups is 1. The van der Waals surface area contributed by atoms with Crippen LogP contribution in [0.5, 0.6) is 0 Å². The quantitative estimate of drug-likeness (QED) is 0.713. The van der Waals surface area contributed by atoms with Gasteiger partial charge in [-0.2, -0.15) is 5.10 Å². The molecule has 0 aliphatic rings. The van der Waals surface area contributed by atoms with Crippen LogP contribution in [-0.2, 0) is 18.4 Å². The summed E-state index contributed by atoms with van der Waals surface area (Å²) in [6.45, 7) is 4.95. The third-order valence-electron chi connectivity index (χ3n) is 2.57. The Morgan fingerprint density at radius 3 is 2.71 bits per heavy atom. The highest BCUT2D eigenvalue weighted by Gasteiger charge is 2.07. The van der Waals surface area contributed by atoms with Gasteiger partial charge in [-0.3, -0.25) is 9.48 Å². The van der Waals surface area contributed by atoms with Gasteiger partial charge in [-0.25, -0.2) is 4.98 Å². The van der Waals surface area contributed by atoms with Crippen LogP contribution in [0.25, 0.3) is 0 Å². The minimum absolute atomic E-state index is 0.0228. The lowest BCUT2D eigenvalue weighted by Crippen LogP contribution is -2.39. The van der Waals surface area contributed by atoms with E-state index in [9.17, 15) is 4.79 Å². The standard InChI is InChI=1S/C11H21N5O/c1-4-9(5-2)14-11(17)7-12-6-10-13-8-16(3)15-10/h8-9,12H,4-7H2,1-3H3,(H,14,17). The molecule has 0 aliphatic heterocycles. The molecule has 17 heavy (non-hydrogen) atoms. The third-order valence-corrected chi connectivity index (χ3v) is 2.57. The molecule has 2 N–H and O–H groups in total. The molecule has 1 heterocycles. The number of carbonyl (C=O) groups excluding carboxylic acids is 1. The highest BCUT2D eigenvalue weighted by molar-refractivity contribution is 5.78. The minimum atomic E-state index is 0.0228. The van der Waals surface area contributed by atoms with Crippen molar-refractivity contribution in [2.75, 3.05) is 6.54 Å². The number of nitrogens with one attached hydrogen (secondary N) is 2. The Labute approximate surface area is 102 Å². The van der Waals surface area contributed by atoms with E-state index in [2.05, 4.69) is 34.6 Å². The SMILES string of the molecule is CCC(CC)NC(=O)CNCc1ncn(C)n1. The zero-order valence-electron chi connectivity index (χ0n) is 10.7. The zero-order valence-corrected chi connectivity index (χ0v) is 10.7. The van der Waals surface area contributed by atoms with Gasteiger partial charge < -0.3 is 10.6 Å². The average Bonchev–Trinajstić information content (AvgIpc) is 2.72. The van der Waals surface area contributed by atoms with E-state index in [0.29, 0.717) is 18.9 Å². The van der Waals surface area contributed by atoms with Gasteiger partial charge in [0.2, 0.25) is 5.91 Å². The molecular formula is C11H21N5O. The summed E-state index contributed by atoms with van der Waals surface area (Å²) in [6, 6.07) is 0.275. The number of aromatic nitrogens is 3. The average molecular weight is 239 g/mol. The molecule has 1 aromatic heterocycles. The first-order valence-corrected chi connectivity index (χ1v) is 6.00. The second kappa shape index (κ2) is 7.01. The lowest BCUT2D eigenvalue weighted by molar-refractivity contribution is -0.121. The van der Waals surface area contributed by atoms with Crippen LogP contribution in [0, 0.1) is 0 Å². The summed E-state index contributed by atoms with van der Waals surface area (Å²) < 4.78 is 1.64. The van der Waals surface area contributed by atoms with Crippen LogP contribution < -0.4 is 10.6 Å². The highest BCUT2D eigenvalue weighted by Crippen LogP contribution is 1.95. The van der Waals surface area contributed by atoms with E-state index in [1.54, 1.807) is 11.0 Å². The summed E-state index contributed by atoms with van der Waals surface area (Å²) in [6.07, 6.45) is 3.56. The molecular weight excluding hydrogens is 218 g/mol. The van der Waals surface area contributed by atoms with Crippen molar-refractivity contribution in [2.24, 2.45) is 7.05 Å². The van der Waals surface area contributed by atoms with Gasteiger partial charge in [-0.05, 0) is 12.8 Å². The molecule has 96 valence electrons. The Morgan fingerprint density at radius 2 is 2.18 bits per heavy atom. The number of amides is 1. The Hall–Kier alpha value is -1.43. The molecule has 0 saturated heterocycles. The summed E-state index contributed by atoms with van der Waals surface area (Å²) >= 11 is 0. The van der Waals surface area contributed by atoms with Gasteiger partial charge in [0, 0.05) is 13.1 Å². The number of rotatable bonds is 7. The molecule has 6 nitrogen and oxygen atoms in total. The maximum atomic E-state index is 11.5. The predicted octanol–water partition coefficient (Wildman–Crippen LogP) is 0.210. The number of hydrogen-bond acceptors (Lipinski definition) is 4. The summed E-state index contributed by atoms with van der Waals surface area (Å²) in [5.74, 6) is 0.720. The van der Waals surface area contributed by atoms with Crippen molar-refractivity contribution in [3.63, 3.8) is 0 Å². The van der Waals surface area contributed by atoms with Gasteiger partial charge in [0.15, 0.2) is 5.82 Å². The Balaban J connectivity index is 2.20. The van der Waals surface area contributed by atoms with E-state index in [1.165, 1.54) is 0 Å². The number of hydrogen-bond donors (Lipinski definition) is 2. The predicted molar refractivity (Wildman–Crippen MR) is 65.2 cm³/mol. The molecule has 0 spiro atoms. The van der Waals surface area contributed by atoms with Gasteiger partial charge in [0.1, 0.15) is 6.33 Å². The molecule has 1 aromatic rings. The minimum Gasteiger partial charge on any atom is -0.352 e. The fraction of sp³-hybridized carbons (Fsp3) is 0.727. The molecule has 0 fully saturated rings. The lowest BCUT2D eigenvalue weighted by atomic mass is 10.2. The van der Waals surface area contributed by atoms with Crippen molar-refractivity contribution in [1.82, 2.24) is 25.4 Å². The summed E-state index contributed by atoms with van der Waals surface area (Å²) in [7, 11) is 1.82. The zero-order chi connectivity index (χ0) is 12.7. The van der Waals surface area contributed by atoms with E-state index in [0.717, 1.165) is 12.8 Å².